The fourth-order valence-electron chi connectivity index (χ4n) is 7.25. The molecular formula is C44H66NNaO12S. The molecule has 0 bridgehead atoms. The Hall–Kier alpha value is -2.40. The van der Waals surface area contributed by atoms with Crippen LogP contribution in [0.4, 0.5) is 0 Å². The number of esters is 2. The van der Waals surface area contributed by atoms with Crippen LogP contribution in [0.15, 0.2) is 60.7 Å². The van der Waals surface area contributed by atoms with Crippen molar-refractivity contribution in [3.63, 3.8) is 0 Å². The predicted octanol–water partition coefficient (Wildman–Crippen LogP) is 3.77. The summed E-state index contributed by atoms with van der Waals surface area (Å²) in [6.45, 7) is 1.29. The van der Waals surface area contributed by atoms with Gasteiger partial charge in [-0.05, 0) is 49.7 Å². The van der Waals surface area contributed by atoms with Crippen LogP contribution in [-0.4, -0.2) is 84.4 Å². The average molecular weight is 856 g/mol. The number of aryl methyl sites for hydroxylation is 2. The van der Waals surface area contributed by atoms with Crippen molar-refractivity contribution in [2.75, 3.05) is 6.61 Å². The SMILES string of the molecule is CCCCCCCCCCC[C@@H](CC(=O)N[C@H]1C(O)O[C@H](CO)[C@@H](OS(=O)(=O)[O-])[C@@H]1OC(=O)CCCCCCCCc1ccccc1)OC(=O)CCc1ccccc1.[Na+]. The number of aliphatic hydroxyl groups excluding tert-OH is 2. The van der Waals surface area contributed by atoms with E-state index < -0.39 is 71.6 Å². The molecule has 0 aromatic heterocycles. The summed E-state index contributed by atoms with van der Waals surface area (Å²) in [4.78, 5) is 39.6. The van der Waals surface area contributed by atoms with Crippen molar-refractivity contribution in [1.29, 1.82) is 0 Å². The molecule has 326 valence electrons. The Bertz CT molecular complexity index is 1550. The monoisotopic (exact) mass is 855 g/mol. The van der Waals surface area contributed by atoms with Crippen LogP contribution in [0, 0.1) is 0 Å². The van der Waals surface area contributed by atoms with Crippen LogP contribution in [-0.2, 0) is 56.0 Å². The van der Waals surface area contributed by atoms with Gasteiger partial charge in [-0.1, -0.05) is 145 Å². The van der Waals surface area contributed by atoms with Gasteiger partial charge in [-0.2, -0.15) is 0 Å². The van der Waals surface area contributed by atoms with Crippen LogP contribution in [0.2, 0.25) is 0 Å². The fraction of sp³-hybridized carbons (Fsp3) is 0.659. The summed E-state index contributed by atoms with van der Waals surface area (Å²) in [5, 5.41) is 23.4. The molecule has 1 aliphatic rings. The first-order chi connectivity index (χ1) is 28.0. The molecule has 6 atom stereocenters. The Labute approximate surface area is 373 Å². The second-order valence-corrected chi connectivity index (χ2v) is 16.3. The van der Waals surface area contributed by atoms with Gasteiger partial charge in [-0.3, -0.25) is 18.6 Å². The number of unbranched alkanes of at least 4 members (excludes halogenated alkanes) is 13. The number of ether oxygens (including phenoxy) is 3. The van der Waals surface area contributed by atoms with E-state index in [1.54, 1.807) is 0 Å². The van der Waals surface area contributed by atoms with Crippen LogP contribution < -0.4 is 34.9 Å². The van der Waals surface area contributed by atoms with E-state index >= 15 is 0 Å². The van der Waals surface area contributed by atoms with Crippen molar-refractivity contribution in [3.8, 4) is 0 Å². The molecule has 0 aliphatic carbocycles. The van der Waals surface area contributed by atoms with Crippen LogP contribution in [0.5, 0.6) is 0 Å². The van der Waals surface area contributed by atoms with Gasteiger partial charge in [0.2, 0.25) is 16.3 Å². The van der Waals surface area contributed by atoms with Crippen LogP contribution in [0.25, 0.3) is 0 Å². The largest absolute Gasteiger partial charge is 1.00 e. The Morgan fingerprint density at radius 2 is 1.29 bits per heavy atom. The van der Waals surface area contributed by atoms with Crippen molar-refractivity contribution in [2.24, 2.45) is 0 Å². The number of hydrogen-bond donors (Lipinski definition) is 3. The average Bonchev–Trinajstić information content (AvgIpc) is 3.20. The maximum Gasteiger partial charge on any atom is 1.00 e. The zero-order valence-corrected chi connectivity index (χ0v) is 38.0. The van der Waals surface area contributed by atoms with Gasteiger partial charge in [0.25, 0.3) is 0 Å². The topological polar surface area (TPSA) is 198 Å². The Balaban J connectivity index is 0.0000120. The molecule has 2 aromatic carbocycles. The number of amides is 1. The number of aliphatic hydroxyl groups is 2. The summed E-state index contributed by atoms with van der Waals surface area (Å²) in [7, 11) is -5.42. The van der Waals surface area contributed by atoms with Crippen molar-refractivity contribution in [1.82, 2.24) is 5.32 Å². The molecule has 13 nitrogen and oxygen atoms in total. The number of rotatable bonds is 30. The molecule has 59 heavy (non-hydrogen) atoms. The predicted molar refractivity (Wildman–Crippen MR) is 218 cm³/mol. The van der Waals surface area contributed by atoms with Gasteiger partial charge in [-0.25, -0.2) is 8.42 Å². The molecule has 1 amide bonds. The molecule has 3 N–H and O–H groups in total. The molecule has 1 unspecified atom stereocenters. The second-order valence-electron chi connectivity index (χ2n) is 15.3. The van der Waals surface area contributed by atoms with E-state index in [-0.39, 0.29) is 48.8 Å². The summed E-state index contributed by atoms with van der Waals surface area (Å²) in [5.41, 5.74) is 2.26. The second kappa shape index (κ2) is 30.6. The standard InChI is InChI=1S/C44H67NO12S.Na/c1-2-3-4-5-6-7-8-12-21-28-36(54-40(49)31-30-35-26-19-15-20-27-35)32-38(47)45-41-43(42(57-58(51,52)53)37(33-46)55-44(41)50)56-39(48)29-22-13-10-9-11-16-23-34-24-17-14-18-25-34;/h14-15,17-20,24-27,36-37,41-44,46,50H,2-13,16,21-23,28-33H2,1H3,(H,45,47)(H,51,52,53);/q;+1/p-1/t36-,37+,41+,42+,43+,44?;/m0./s1. The molecule has 0 radical (unpaired) electrons. The molecule has 0 spiro atoms. The van der Waals surface area contributed by atoms with Gasteiger partial charge in [0.05, 0.1) is 13.0 Å². The summed E-state index contributed by atoms with van der Waals surface area (Å²) in [5.74, 6) is -1.95. The van der Waals surface area contributed by atoms with Crippen molar-refractivity contribution in [2.45, 2.75) is 179 Å². The van der Waals surface area contributed by atoms with E-state index in [2.05, 4.69) is 24.4 Å². The van der Waals surface area contributed by atoms with Gasteiger partial charge in [0.1, 0.15) is 24.4 Å². The van der Waals surface area contributed by atoms with Gasteiger partial charge in [0, 0.05) is 12.8 Å². The zero-order valence-electron chi connectivity index (χ0n) is 35.2. The number of nitrogens with one attached hydrogen (secondary N) is 1. The quantitative estimate of drug-likeness (QED) is 0.0339. The third kappa shape index (κ3) is 22.9. The summed E-state index contributed by atoms with van der Waals surface area (Å²) < 4.78 is 56.8. The van der Waals surface area contributed by atoms with Crippen molar-refractivity contribution < 1.29 is 85.5 Å². The first kappa shape index (κ1) is 52.7. The van der Waals surface area contributed by atoms with E-state index in [1.165, 1.54) is 31.2 Å². The minimum Gasteiger partial charge on any atom is -0.726 e. The third-order valence-corrected chi connectivity index (χ3v) is 10.9. The normalized spacial score (nSPS) is 19.6. The summed E-state index contributed by atoms with van der Waals surface area (Å²) in [6.07, 6.45) is 8.61. The van der Waals surface area contributed by atoms with Crippen LogP contribution in [0.1, 0.15) is 140 Å². The molecule has 0 saturated carbocycles. The number of carbonyl (C=O) groups is 3. The molecule has 1 heterocycles. The summed E-state index contributed by atoms with van der Waals surface area (Å²) in [6, 6.07) is 18.1. The van der Waals surface area contributed by atoms with Gasteiger partial charge >= 0.3 is 41.5 Å². The van der Waals surface area contributed by atoms with Crippen molar-refractivity contribution >= 4 is 28.2 Å². The van der Waals surface area contributed by atoms with E-state index in [9.17, 15) is 37.6 Å². The smallest absolute Gasteiger partial charge is 0.726 e. The Kier molecular flexibility index (Phi) is 27.4. The van der Waals surface area contributed by atoms with E-state index in [0.717, 1.165) is 69.8 Å². The fourth-order valence-corrected chi connectivity index (χ4v) is 7.75. The third-order valence-electron chi connectivity index (χ3n) is 10.4. The maximum atomic E-state index is 13.6. The van der Waals surface area contributed by atoms with E-state index in [1.807, 2.05) is 48.5 Å². The van der Waals surface area contributed by atoms with Crippen LogP contribution in [0.3, 0.4) is 0 Å². The molecule has 3 rings (SSSR count). The Morgan fingerprint density at radius 3 is 1.86 bits per heavy atom. The van der Waals surface area contributed by atoms with Crippen molar-refractivity contribution in [3.05, 3.63) is 71.8 Å². The molecule has 1 aliphatic heterocycles. The molecule has 2 aromatic rings. The number of carbonyl (C=O) groups excluding carboxylic acids is 3. The molecule has 15 heteroatoms. The molecular weight excluding hydrogens is 790 g/mol. The van der Waals surface area contributed by atoms with Crippen LogP contribution >= 0.6 is 0 Å². The minimum absolute atomic E-state index is 0. The minimum atomic E-state index is -5.42. The maximum absolute atomic E-state index is 13.6. The van der Waals surface area contributed by atoms with E-state index in [4.69, 9.17) is 18.4 Å². The first-order valence-electron chi connectivity index (χ1n) is 21.3. The number of benzene rings is 2. The zero-order chi connectivity index (χ0) is 42.0. The molecule has 1 fully saturated rings. The van der Waals surface area contributed by atoms with Gasteiger partial charge in [-0.15, -0.1) is 0 Å². The Morgan fingerprint density at radius 1 is 0.746 bits per heavy atom. The first-order valence-corrected chi connectivity index (χ1v) is 22.7. The van der Waals surface area contributed by atoms with Gasteiger partial charge in [0.15, 0.2) is 12.4 Å². The molecule has 1 saturated heterocycles. The van der Waals surface area contributed by atoms with E-state index in [0.29, 0.717) is 25.7 Å². The van der Waals surface area contributed by atoms with Gasteiger partial charge < -0.3 is 34.3 Å². The summed E-state index contributed by atoms with van der Waals surface area (Å²) >= 11 is 0. The number of hydrogen-bond acceptors (Lipinski definition) is 12.